The van der Waals surface area contributed by atoms with Crippen molar-refractivity contribution >= 4 is 10.8 Å². The number of rotatable bonds is 1. The maximum absolute atomic E-state index is 2.35. The van der Waals surface area contributed by atoms with E-state index in [2.05, 4.69) is 84.9 Å². The second kappa shape index (κ2) is 9.68. The summed E-state index contributed by atoms with van der Waals surface area (Å²) in [6.45, 7) is 0. The van der Waals surface area contributed by atoms with Crippen LogP contribution in [0, 0.1) is 0 Å². The van der Waals surface area contributed by atoms with Crippen LogP contribution >= 0.6 is 0 Å². The van der Waals surface area contributed by atoms with E-state index in [0.29, 0.717) is 5.92 Å². The van der Waals surface area contributed by atoms with Crippen molar-refractivity contribution < 1.29 is 76.8 Å². The molecule has 26 heavy (non-hydrogen) atoms. The SMILES string of the molecule is [Br-].[Br-].[Br-].[Hf+4].c1ccc2c(c1)-c1ccccc1C2c1cc2ccccc2[cH-]1. The van der Waals surface area contributed by atoms with Crippen molar-refractivity contribution in [1.82, 2.24) is 0 Å². The number of hydrogen-bond acceptors (Lipinski definition) is 0. The van der Waals surface area contributed by atoms with Gasteiger partial charge in [-0.15, -0.1) is 40.6 Å². The molecule has 0 saturated heterocycles. The Bertz CT molecular complexity index is 928. The van der Waals surface area contributed by atoms with Gasteiger partial charge in [0, 0.05) is 5.92 Å². The van der Waals surface area contributed by atoms with Crippen LogP contribution in [0.2, 0.25) is 0 Å². The van der Waals surface area contributed by atoms with Gasteiger partial charge in [0.15, 0.2) is 0 Å². The molecular formula is C22H15Br3Hf. The average molecular weight is 698 g/mol. The third-order valence-electron chi connectivity index (χ3n) is 4.81. The van der Waals surface area contributed by atoms with Crippen molar-refractivity contribution in [3.63, 3.8) is 0 Å². The van der Waals surface area contributed by atoms with E-state index in [0.717, 1.165) is 0 Å². The first-order valence-electron chi connectivity index (χ1n) is 7.75. The van der Waals surface area contributed by atoms with Gasteiger partial charge >= 0.3 is 25.8 Å². The fourth-order valence-corrected chi connectivity index (χ4v) is 3.86. The van der Waals surface area contributed by atoms with E-state index in [1.54, 1.807) is 0 Å². The third-order valence-corrected chi connectivity index (χ3v) is 4.81. The monoisotopic (exact) mass is 696 g/mol. The molecule has 0 unspecified atom stereocenters. The minimum atomic E-state index is 0. The van der Waals surface area contributed by atoms with Gasteiger partial charge in [0.1, 0.15) is 0 Å². The van der Waals surface area contributed by atoms with E-state index in [-0.39, 0.29) is 76.8 Å². The molecule has 0 aromatic heterocycles. The Balaban J connectivity index is 0.000000845. The van der Waals surface area contributed by atoms with Crippen LogP contribution in [0.4, 0.5) is 0 Å². The van der Waals surface area contributed by atoms with Crippen molar-refractivity contribution in [1.29, 1.82) is 0 Å². The summed E-state index contributed by atoms with van der Waals surface area (Å²) in [5.74, 6) is 0.361. The fraction of sp³-hybridized carbons (Fsp3) is 0.0455. The second-order valence-electron chi connectivity index (χ2n) is 6.03. The first-order chi connectivity index (χ1) is 10.9. The summed E-state index contributed by atoms with van der Waals surface area (Å²) in [6.07, 6.45) is 0. The van der Waals surface area contributed by atoms with E-state index < -0.39 is 0 Å². The predicted molar refractivity (Wildman–Crippen MR) is 92.4 cm³/mol. The molecule has 0 N–H and O–H groups in total. The number of hydrogen-bond donors (Lipinski definition) is 0. The molecule has 0 heterocycles. The largest absolute Gasteiger partial charge is 4.00 e. The summed E-state index contributed by atoms with van der Waals surface area (Å²) in [6, 6.07) is 30.9. The van der Waals surface area contributed by atoms with Crippen LogP contribution in [0.5, 0.6) is 0 Å². The number of benzene rings is 3. The summed E-state index contributed by atoms with van der Waals surface area (Å²) in [7, 11) is 0. The maximum Gasteiger partial charge on any atom is 4.00 e. The summed E-state index contributed by atoms with van der Waals surface area (Å²) >= 11 is 0. The molecule has 0 atom stereocenters. The number of halogens is 3. The summed E-state index contributed by atoms with van der Waals surface area (Å²) in [5.41, 5.74) is 7.03. The molecule has 0 nitrogen and oxygen atoms in total. The molecule has 128 valence electrons. The van der Waals surface area contributed by atoms with Crippen LogP contribution in [-0.4, -0.2) is 0 Å². The molecule has 0 amide bonds. The minimum Gasteiger partial charge on any atom is -1.00 e. The Labute approximate surface area is 204 Å². The molecule has 0 bridgehead atoms. The molecule has 1 aliphatic carbocycles. The first kappa shape index (κ1) is 23.6. The smallest absolute Gasteiger partial charge is 1.00 e. The second-order valence-corrected chi connectivity index (χ2v) is 6.03. The molecule has 0 saturated carbocycles. The van der Waals surface area contributed by atoms with Crippen LogP contribution in [0.25, 0.3) is 21.9 Å². The zero-order valence-corrected chi connectivity index (χ0v) is 22.1. The molecule has 4 aromatic rings. The van der Waals surface area contributed by atoms with Gasteiger partial charge in [0.25, 0.3) is 0 Å². The Kier molecular flexibility index (Phi) is 8.79. The molecule has 0 spiro atoms. The van der Waals surface area contributed by atoms with Crippen molar-refractivity contribution in [3.05, 3.63) is 102 Å². The van der Waals surface area contributed by atoms with Gasteiger partial charge in [-0.05, 0) is 22.3 Å². The van der Waals surface area contributed by atoms with Crippen molar-refractivity contribution in [2.24, 2.45) is 0 Å². The molecule has 5 rings (SSSR count). The standard InChI is InChI=1S/C22H15.3BrH.Hf/c1-2-8-16-14-17(13-15(16)7-1)22-20-11-5-3-9-18(20)19-10-4-6-12-21(19)22;;;;/h1-14,22H;3*1H;/q-1;;;;+4/p-3. The Hall–Kier alpha value is -0.420. The van der Waals surface area contributed by atoms with Crippen LogP contribution in [0.15, 0.2) is 84.9 Å². The van der Waals surface area contributed by atoms with Gasteiger partial charge in [-0.1, -0.05) is 54.6 Å². The maximum atomic E-state index is 2.35. The van der Waals surface area contributed by atoms with Gasteiger partial charge < -0.3 is 50.9 Å². The zero-order chi connectivity index (χ0) is 14.5. The predicted octanol–water partition coefficient (Wildman–Crippen LogP) is -3.27. The van der Waals surface area contributed by atoms with E-state index in [1.807, 2.05) is 0 Å². The minimum absolute atomic E-state index is 0. The van der Waals surface area contributed by atoms with E-state index in [4.69, 9.17) is 0 Å². The summed E-state index contributed by atoms with van der Waals surface area (Å²) in [5, 5.41) is 2.67. The molecule has 0 fully saturated rings. The van der Waals surface area contributed by atoms with Crippen LogP contribution < -0.4 is 50.9 Å². The summed E-state index contributed by atoms with van der Waals surface area (Å²) in [4.78, 5) is 0. The Morgan fingerprint density at radius 3 is 1.69 bits per heavy atom. The quantitative estimate of drug-likeness (QED) is 0.128. The van der Waals surface area contributed by atoms with Crippen molar-refractivity contribution in [2.45, 2.75) is 5.92 Å². The molecule has 4 heteroatoms. The van der Waals surface area contributed by atoms with Crippen LogP contribution in [0.3, 0.4) is 0 Å². The van der Waals surface area contributed by atoms with Crippen molar-refractivity contribution in [2.75, 3.05) is 0 Å². The van der Waals surface area contributed by atoms with E-state index in [9.17, 15) is 0 Å². The molecule has 0 radical (unpaired) electrons. The first-order valence-corrected chi connectivity index (χ1v) is 7.75. The number of fused-ring (bicyclic) bond motifs is 4. The Morgan fingerprint density at radius 2 is 1.12 bits per heavy atom. The zero-order valence-electron chi connectivity index (χ0n) is 13.8. The third kappa shape index (κ3) is 3.76. The van der Waals surface area contributed by atoms with Gasteiger partial charge in [-0.2, -0.15) is 6.07 Å². The van der Waals surface area contributed by atoms with Gasteiger partial charge in [0.05, 0.1) is 0 Å². The fourth-order valence-electron chi connectivity index (χ4n) is 3.86. The molecule has 4 aromatic carbocycles. The summed E-state index contributed by atoms with van der Waals surface area (Å²) < 4.78 is 0. The van der Waals surface area contributed by atoms with Crippen LogP contribution in [-0.2, 0) is 25.8 Å². The van der Waals surface area contributed by atoms with E-state index in [1.165, 1.54) is 38.6 Å². The van der Waals surface area contributed by atoms with Crippen molar-refractivity contribution in [3.8, 4) is 11.1 Å². The topological polar surface area (TPSA) is 0 Å². The van der Waals surface area contributed by atoms with Gasteiger partial charge in [0.2, 0.25) is 0 Å². The average Bonchev–Trinajstić information content (AvgIpc) is 3.13. The molecular weight excluding hydrogens is 682 g/mol. The molecule has 1 aliphatic rings. The van der Waals surface area contributed by atoms with Gasteiger partial charge in [-0.25, -0.2) is 0 Å². The van der Waals surface area contributed by atoms with E-state index >= 15 is 0 Å². The normalized spacial score (nSPS) is 11.2. The van der Waals surface area contributed by atoms with Crippen LogP contribution in [0.1, 0.15) is 22.6 Å². The molecule has 0 aliphatic heterocycles. The Morgan fingerprint density at radius 1 is 0.615 bits per heavy atom. The van der Waals surface area contributed by atoms with Gasteiger partial charge in [-0.3, -0.25) is 0 Å².